The second kappa shape index (κ2) is 6.55. The molecule has 0 bridgehead atoms. The van der Waals surface area contributed by atoms with Gasteiger partial charge < -0.3 is 10.2 Å². The van der Waals surface area contributed by atoms with Crippen LogP contribution in [0.15, 0.2) is 0 Å². The van der Waals surface area contributed by atoms with Gasteiger partial charge >= 0.3 is 0 Å². The molecule has 2 aliphatic rings. The molecule has 0 aromatic carbocycles. The summed E-state index contributed by atoms with van der Waals surface area (Å²) < 4.78 is 12.2. The van der Waals surface area contributed by atoms with Crippen molar-refractivity contribution in [2.75, 3.05) is 32.9 Å². The second-order valence-corrected chi connectivity index (χ2v) is 5.30. The summed E-state index contributed by atoms with van der Waals surface area (Å²) in [7, 11) is 0. The number of nitrogens with zero attached hydrogens (tertiary/aromatic N) is 1. The molecule has 0 amide bonds. The predicted octanol–water partition coefficient (Wildman–Crippen LogP) is 2.20. The molecule has 16 heavy (non-hydrogen) atoms. The Bertz CT molecular complexity index is 192. The van der Waals surface area contributed by atoms with E-state index in [0.717, 1.165) is 32.1 Å². The summed E-state index contributed by atoms with van der Waals surface area (Å²) >= 11 is 0. The highest BCUT2D eigenvalue weighted by atomic mass is 19.1. The van der Waals surface area contributed by atoms with Gasteiger partial charge in [0.2, 0.25) is 0 Å². The van der Waals surface area contributed by atoms with Crippen LogP contribution in [-0.4, -0.2) is 43.8 Å². The normalized spacial score (nSPS) is 29.4. The summed E-state index contributed by atoms with van der Waals surface area (Å²) in [6, 6.07) is 0.675. The summed E-state index contributed by atoms with van der Waals surface area (Å²) in [5.41, 5.74) is 0. The van der Waals surface area contributed by atoms with E-state index >= 15 is 0 Å². The largest absolute Gasteiger partial charge is 0.311 e. The molecule has 1 unspecified atom stereocenters. The predicted molar refractivity (Wildman–Crippen MR) is 65.4 cm³/mol. The molecular weight excluding hydrogens is 203 g/mol. The van der Waals surface area contributed by atoms with Gasteiger partial charge in [0, 0.05) is 32.2 Å². The van der Waals surface area contributed by atoms with Crippen molar-refractivity contribution in [1.82, 2.24) is 10.2 Å². The van der Waals surface area contributed by atoms with Gasteiger partial charge in [-0.1, -0.05) is 19.3 Å². The van der Waals surface area contributed by atoms with Crippen LogP contribution in [0.4, 0.5) is 4.39 Å². The SMILES string of the molecule is FCCCN1CCNC(C2CCCCC2)C1. The molecule has 3 heteroatoms. The van der Waals surface area contributed by atoms with Crippen molar-refractivity contribution < 1.29 is 4.39 Å². The Hall–Kier alpha value is -0.150. The van der Waals surface area contributed by atoms with Crippen molar-refractivity contribution in [3.05, 3.63) is 0 Å². The van der Waals surface area contributed by atoms with Crippen LogP contribution in [0.5, 0.6) is 0 Å². The number of piperazine rings is 1. The fraction of sp³-hybridized carbons (Fsp3) is 1.00. The maximum absolute atomic E-state index is 12.2. The van der Waals surface area contributed by atoms with Crippen LogP contribution in [0.1, 0.15) is 38.5 Å². The quantitative estimate of drug-likeness (QED) is 0.793. The van der Waals surface area contributed by atoms with Crippen molar-refractivity contribution in [2.24, 2.45) is 5.92 Å². The van der Waals surface area contributed by atoms with Gasteiger partial charge in [0.1, 0.15) is 0 Å². The first-order valence-corrected chi connectivity index (χ1v) is 6.92. The third-order valence-electron chi connectivity index (χ3n) is 4.12. The molecule has 0 spiro atoms. The van der Waals surface area contributed by atoms with Crippen LogP contribution in [0, 0.1) is 5.92 Å². The molecule has 2 rings (SSSR count). The van der Waals surface area contributed by atoms with Crippen molar-refractivity contribution in [2.45, 2.75) is 44.6 Å². The number of halogens is 1. The molecule has 0 aromatic heterocycles. The van der Waals surface area contributed by atoms with Gasteiger partial charge in [-0.15, -0.1) is 0 Å². The van der Waals surface area contributed by atoms with E-state index in [2.05, 4.69) is 10.2 Å². The fourth-order valence-electron chi connectivity index (χ4n) is 3.18. The molecule has 0 aromatic rings. The smallest absolute Gasteiger partial charge is 0.0906 e. The Morgan fingerprint density at radius 2 is 2.00 bits per heavy atom. The van der Waals surface area contributed by atoms with Gasteiger partial charge in [-0.3, -0.25) is 4.39 Å². The standard InChI is InChI=1S/C13H25FN2/c14-7-4-9-16-10-8-15-13(11-16)12-5-2-1-3-6-12/h12-13,15H,1-11H2. The van der Waals surface area contributed by atoms with Crippen LogP contribution < -0.4 is 5.32 Å². The minimum Gasteiger partial charge on any atom is -0.311 e. The van der Waals surface area contributed by atoms with Gasteiger partial charge in [0.15, 0.2) is 0 Å². The Balaban J connectivity index is 1.76. The Morgan fingerprint density at radius 1 is 1.19 bits per heavy atom. The van der Waals surface area contributed by atoms with E-state index in [1.807, 2.05) is 0 Å². The second-order valence-electron chi connectivity index (χ2n) is 5.30. The highest BCUT2D eigenvalue weighted by Crippen LogP contribution is 2.27. The molecule has 1 atom stereocenters. The van der Waals surface area contributed by atoms with Gasteiger partial charge in [0.25, 0.3) is 0 Å². The lowest BCUT2D eigenvalue weighted by Crippen LogP contribution is -2.54. The fourth-order valence-corrected chi connectivity index (χ4v) is 3.18. The van der Waals surface area contributed by atoms with E-state index in [9.17, 15) is 4.39 Å². The zero-order valence-corrected chi connectivity index (χ0v) is 10.3. The van der Waals surface area contributed by atoms with Gasteiger partial charge in [-0.25, -0.2) is 0 Å². The first kappa shape index (κ1) is 12.3. The minimum absolute atomic E-state index is 0.169. The molecular formula is C13H25FN2. The number of hydrogen-bond acceptors (Lipinski definition) is 2. The Kier molecular flexibility index (Phi) is 5.04. The van der Waals surface area contributed by atoms with Crippen molar-refractivity contribution >= 4 is 0 Å². The van der Waals surface area contributed by atoms with Crippen molar-refractivity contribution in [3.8, 4) is 0 Å². The highest BCUT2D eigenvalue weighted by molar-refractivity contribution is 4.85. The van der Waals surface area contributed by atoms with Gasteiger partial charge in [-0.05, 0) is 25.2 Å². The first-order chi connectivity index (χ1) is 7.90. The average Bonchev–Trinajstić information content (AvgIpc) is 2.38. The van der Waals surface area contributed by atoms with Crippen molar-refractivity contribution in [1.29, 1.82) is 0 Å². The van der Waals surface area contributed by atoms with Crippen LogP contribution in [0.2, 0.25) is 0 Å². The third kappa shape index (κ3) is 3.42. The first-order valence-electron chi connectivity index (χ1n) is 6.92. The molecule has 1 saturated heterocycles. The monoisotopic (exact) mass is 228 g/mol. The molecule has 1 saturated carbocycles. The topological polar surface area (TPSA) is 15.3 Å². The molecule has 2 nitrogen and oxygen atoms in total. The number of nitrogens with one attached hydrogen (secondary N) is 1. The summed E-state index contributed by atoms with van der Waals surface area (Å²) in [6.45, 7) is 4.11. The molecule has 1 heterocycles. The van der Waals surface area contributed by atoms with Crippen LogP contribution >= 0.6 is 0 Å². The maximum atomic E-state index is 12.2. The number of rotatable bonds is 4. The van der Waals surface area contributed by atoms with E-state index in [0.29, 0.717) is 12.5 Å². The number of hydrogen-bond donors (Lipinski definition) is 1. The lowest BCUT2D eigenvalue weighted by molar-refractivity contribution is 0.143. The van der Waals surface area contributed by atoms with E-state index in [1.54, 1.807) is 0 Å². The van der Waals surface area contributed by atoms with Crippen LogP contribution in [0.25, 0.3) is 0 Å². The highest BCUT2D eigenvalue weighted by Gasteiger charge is 2.27. The van der Waals surface area contributed by atoms with Crippen LogP contribution in [0.3, 0.4) is 0 Å². The summed E-state index contributed by atoms with van der Waals surface area (Å²) in [5.74, 6) is 0.877. The summed E-state index contributed by atoms with van der Waals surface area (Å²) in [6.07, 6.45) is 7.75. The van der Waals surface area contributed by atoms with Gasteiger partial charge in [-0.2, -0.15) is 0 Å². The maximum Gasteiger partial charge on any atom is 0.0906 e. The molecule has 1 aliphatic heterocycles. The molecule has 1 aliphatic carbocycles. The molecule has 0 radical (unpaired) electrons. The average molecular weight is 228 g/mol. The molecule has 1 N–H and O–H groups in total. The Labute approximate surface area is 98.6 Å². The molecule has 94 valence electrons. The molecule has 2 fully saturated rings. The number of alkyl halides is 1. The lowest BCUT2D eigenvalue weighted by atomic mass is 9.83. The Morgan fingerprint density at radius 3 is 2.75 bits per heavy atom. The minimum atomic E-state index is -0.169. The third-order valence-corrected chi connectivity index (χ3v) is 4.12. The van der Waals surface area contributed by atoms with Crippen molar-refractivity contribution in [3.63, 3.8) is 0 Å². The van der Waals surface area contributed by atoms with Gasteiger partial charge in [0.05, 0.1) is 6.67 Å². The summed E-state index contributed by atoms with van der Waals surface area (Å²) in [4.78, 5) is 2.44. The van der Waals surface area contributed by atoms with E-state index in [1.165, 1.54) is 32.1 Å². The van der Waals surface area contributed by atoms with Crippen LogP contribution in [-0.2, 0) is 0 Å². The van der Waals surface area contributed by atoms with E-state index in [-0.39, 0.29) is 6.67 Å². The zero-order chi connectivity index (χ0) is 11.2. The zero-order valence-electron chi connectivity index (χ0n) is 10.3. The van der Waals surface area contributed by atoms with E-state index in [4.69, 9.17) is 0 Å². The lowest BCUT2D eigenvalue weighted by Gasteiger charge is -2.39. The summed E-state index contributed by atoms with van der Waals surface area (Å²) in [5, 5.41) is 3.66. The van der Waals surface area contributed by atoms with E-state index < -0.39 is 0 Å².